The van der Waals surface area contributed by atoms with Gasteiger partial charge in [0.15, 0.2) is 0 Å². The van der Waals surface area contributed by atoms with E-state index in [2.05, 4.69) is 12.2 Å². The highest BCUT2D eigenvalue weighted by molar-refractivity contribution is 5.75. The SMILES string of the molecule is CC.CCCCCCCCCCC(=O)NC. The summed E-state index contributed by atoms with van der Waals surface area (Å²) in [4.78, 5) is 10.9. The van der Waals surface area contributed by atoms with Gasteiger partial charge in [0.2, 0.25) is 5.91 Å². The normalized spacial score (nSPS) is 9.25. The monoisotopic (exact) mass is 229 g/mol. The summed E-state index contributed by atoms with van der Waals surface area (Å²) in [5, 5.41) is 2.64. The number of unbranched alkanes of at least 4 members (excludes halogenated alkanes) is 7. The van der Waals surface area contributed by atoms with Crippen LogP contribution in [-0.2, 0) is 4.79 Å². The fraction of sp³-hybridized carbons (Fsp3) is 0.929. The molecule has 0 aliphatic heterocycles. The maximum Gasteiger partial charge on any atom is 0.219 e. The van der Waals surface area contributed by atoms with Gasteiger partial charge in [0, 0.05) is 13.5 Å². The van der Waals surface area contributed by atoms with E-state index < -0.39 is 0 Å². The summed E-state index contributed by atoms with van der Waals surface area (Å²) < 4.78 is 0. The summed E-state index contributed by atoms with van der Waals surface area (Å²) in [6, 6.07) is 0. The molecule has 0 radical (unpaired) electrons. The van der Waals surface area contributed by atoms with Crippen LogP contribution in [-0.4, -0.2) is 13.0 Å². The largest absolute Gasteiger partial charge is 0.359 e. The highest BCUT2D eigenvalue weighted by Gasteiger charge is 1.96. The second-order valence-corrected chi connectivity index (χ2v) is 3.90. The number of carbonyl (C=O) groups is 1. The standard InChI is InChI=1S/C12H25NO.C2H6/c1-3-4-5-6-7-8-9-10-11-12(14)13-2;1-2/h3-11H2,1-2H3,(H,13,14);1-2H3. The molecule has 98 valence electrons. The van der Waals surface area contributed by atoms with Crippen molar-refractivity contribution < 1.29 is 4.79 Å². The zero-order valence-electron chi connectivity index (χ0n) is 11.8. The van der Waals surface area contributed by atoms with Crippen LogP contribution in [0.5, 0.6) is 0 Å². The maximum absolute atomic E-state index is 10.9. The van der Waals surface area contributed by atoms with Gasteiger partial charge in [-0.25, -0.2) is 0 Å². The van der Waals surface area contributed by atoms with Crippen LogP contribution in [0.1, 0.15) is 78.6 Å². The Kier molecular flexibility index (Phi) is 18.8. The van der Waals surface area contributed by atoms with E-state index in [4.69, 9.17) is 0 Å². The third-order valence-corrected chi connectivity index (χ3v) is 2.54. The minimum atomic E-state index is 0.177. The molecule has 0 aliphatic rings. The molecule has 0 aromatic carbocycles. The number of carbonyl (C=O) groups excluding carboxylic acids is 1. The summed E-state index contributed by atoms with van der Waals surface area (Å²) >= 11 is 0. The molecule has 0 aromatic heterocycles. The highest BCUT2D eigenvalue weighted by atomic mass is 16.1. The summed E-state index contributed by atoms with van der Waals surface area (Å²) in [6.45, 7) is 6.24. The Morgan fingerprint density at radius 1 is 0.875 bits per heavy atom. The van der Waals surface area contributed by atoms with E-state index in [0.29, 0.717) is 6.42 Å². The van der Waals surface area contributed by atoms with Crippen LogP contribution in [0, 0.1) is 0 Å². The van der Waals surface area contributed by atoms with Gasteiger partial charge in [-0.05, 0) is 6.42 Å². The van der Waals surface area contributed by atoms with Crippen LogP contribution in [0.3, 0.4) is 0 Å². The van der Waals surface area contributed by atoms with E-state index in [1.54, 1.807) is 7.05 Å². The smallest absolute Gasteiger partial charge is 0.219 e. The third-order valence-electron chi connectivity index (χ3n) is 2.54. The Morgan fingerprint density at radius 2 is 1.31 bits per heavy atom. The predicted octanol–water partition coefficient (Wildman–Crippen LogP) is 4.29. The lowest BCUT2D eigenvalue weighted by atomic mass is 10.1. The van der Waals surface area contributed by atoms with E-state index in [-0.39, 0.29) is 5.91 Å². The lowest BCUT2D eigenvalue weighted by Crippen LogP contribution is -2.16. The first-order chi connectivity index (χ1) is 7.81. The quantitative estimate of drug-likeness (QED) is 0.587. The first-order valence-corrected chi connectivity index (χ1v) is 7.01. The molecule has 0 saturated carbocycles. The zero-order valence-corrected chi connectivity index (χ0v) is 11.8. The Hall–Kier alpha value is -0.530. The van der Waals surface area contributed by atoms with E-state index >= 15 is 0 Å². The molecule has 2 nitrogen and oxygen atoms in total. The first kappa shape index (κ1) is 17.9. The molecule has 0 atom stereocenters. The fourth-order valence-corrected chi connectivity index (χ4v) is 1.54. The van der Waals surface area contributed by atoms with Gasteiger partial charge < -0.3 is 5.32 Å². The van der Waals surface area contributed by atoms with Gasteiger partial charge >= 0.3 is 0 Å². The van der Waals surface area contributed by atoms with Crippen molar-refractivity contribution in [2.45, 2.75) is 78.6 Å². The van der Waals surface area contributed by atoms with Gasteiger partial charge in [0.25, 0.3) is 0 Å². The minimum Gasteiger partial charge on any atom is -0.359 e. The number of hydrogen-bond donors (Lipinski definition) is 1. The maximum atomic E-state index is 10.9. The second kappa shape index (κ2) is 16.9. The van der Waals surface area contributed by atoms with Gasteiger partial charge in [-0.1, -0.05) is 65.7 Å². The van der Waals surface area contributed by atoms with Crippen molar-refractivity contribution >= 4 is 5.91 Å². The van der Waals surface area contributed by atoms with Crippen molar-refractivity contribution in [3.8, 4) is 0 Å². The van der Waals surface area contributed by atoms with Crippen LogP contribution < -0.4 is 5.32 Å². The van der Waals surface area contributed by atoms with Crippen LogP contribution in [0.15, 0.2) is 0 Å². The number of rotatable bonds is 9. The summed E-state index contributed by atoms with van der Waals surface area (Å²) in [6.07, 6.45) is 11.0. The number of hydrogen-bond acceptors (Lipinski definition) is 1. The van der Waals surface area contributed by atoms with E-state index in [1.165, 1.54) is 44.9 Å². The topological polar surface area (TPSA) is 29.1 Å². The van der Waals surface area contributed by atoms with Crippen molar-refractivity contribution in [3.63, 3.8) is 0 Å². The van der Waals surface area contributed by atoms with Crippen molar-refractivity contribution in [2.24, 2.45) is 0 Å². The van der Waals surface area contributed by atoms with Gasteiger partial charge in [-0.3, -0.25) is 4.79 Å². The van der Waals surface area contributed by atoms with Crippen LogP contribution >= 0.6 is 0 Å². The molecule has 0 unspecified atom stereocenters. The molecule has 0 spiro atoms. The molecule has 0 aliphatic carbocycles. The molecule has 1 amide bonds. The Morgan fingerprint density at radius 3 is 1.75 bits per heavy atom. The second-order valence-electron chi connectivity index (χ2n) is 3.90. The van der Waals surface area contributed by atoms with Crippen LogP contribution in [0.4, 0.5) is 0 Å². The lowest BCUT2D eigenvalue weighted by Gasteiger charge is -2.01. The molecule has 0 rings (SSSR count). The molecular weight excluding hydrogens is 198 g/mol. The summed E-state index contributed by atoms with van der Waals surface area (Å²) in [5.41, 5.74) is 0. The zero-order chi connectivity index (χ0) is 12.6. The van der Waals surface area contributed by atoms with Crippen LogP contribution in [0.2, 0.25) is 0 Å². The molecule has 0 bridgehead atoms. The van der Waals surface area contributed by atoms with Crippen molar-refractivity contribution in [1.82, 2.24) is 5.32 Å². The van der Waals surface area contributed by atoms with Crippen molar-refractivity contribution in [2.75, 3.05) is 7.05 Å². The molecule has 0 heterocycles. The van der Waals surface area contributed by atoms with Gasteiger partial charge in [0.05, 0.1) is 0 Å². The Bertz CT molecular complexity index is 135. The highest BCUT2D eigenvalue weighted by Crippen LogP contribution is 2.09. The van der Waals surface area contributed by atoms with Crippen LogP contribution in [0.25, 0.3) is 0 Å². The van der Waals surface area contributed by atoms with E-state index in [9.17, 15) is 4.79 Å². The predicted molar refractivity (Wildman–Crippen MR) is 72.6 cm³/mol. The fourth-order valence-electron chi connectivity index (χ4n) is 1.54. The third kappa shape index (κ3) is 15.9. The molecule has 2 heteroatoms. The van der Waals surface area contributed by atoms with Gasteiger partial charge in [-0.15, -0.1) is 0 Å². The molecule has 0 fully saturated rings. The molecule has 1 N–H and O–H groups in total. The molecule has 0 saturated heterocycles. The average Bonchev–Trinajstić information content (AvgIpc) is 2.34. The average molecular weight is 229 g/mol. The Labute approximate surface area is 102 Å². The van der Waals surface area contributed by atoms with Gasteiger partial charge in [-0.2, -0.15) is 0 Å². The lowest BCUT2D eigenvalue weighted by molar-refractivity contribution is -0.120. The Balaban J connectivity index is 0. The van der Waals surface area contributed by atoms with Crippen molar-refractivity contribution in [1.29, 1.82) is 0 Å². The van der Waals surface area contributed by atoms with E-state index in [0.717, 1.165) is 6.42 Å². The number of nitrogens with one attached hydrogen (secondary N) is 1. The molecular formula is C14H31NO. The summed E-state index contributed by atoms with van der Waals surface area (Å²) in [7, 11) is 1.70. The minimum absolute atomic E-state index is 0.177. The summed E-state index contributed by atoms with van der Waals surface area (Å²) in [5.74, 6) is 0.177. The van der Waals surface area contributed by atoms with E-state index in [1.807, 2.05) is 13.8 Å². The van der Waals surface area contributed by atoms with Crippen molar-refractivity contribution in [3.05, 3.63) is 0 Å². The van der Waals surface area contributed by atoms with Gasteiger partial charge in [0.1, 0.15) is 0 Å². The molecule has 0 aromatic rings. The first-order valence-electron chi connectivity index (χ1n) is 7.01. The number of amides is 1. The molecule has 16 heavy (non-hydrogen) atoms.